The number of nitrogens with one attached hydrogen (secondary N) is 1. The Labute approximate surface area is 103 Å². The van der Waals surface area contributed by atoms with Crippen LogP contribution in [0.15, 0.2) is 18.2 Å². The van der Waals surface area contributed by atoms with Crippen LogP contribution < -0.4 is 10.1 Å². The number of methoxy groups -OCH3 is 1. The van der Waals surface area contributed by atoms with Gasteiger partial charge in [0.1, 0.15) is 11.6 Å². The van der Waals surface area contributed by atoms with Crippen molar-refractivity contribution in [2.45, 2.75) is 39.0 Å². The van der Waals surface area contributed by atoms with Crippen LogP contribution in [0.4, 0.5) is 10.1 Å². The smallest absolute Gasteiger partial charge is 0.146 e. The van der Waals surface area contributed by atoms with Gasteiger partial charge < -0.3 is 10.1 Å². The molecule has 0 bridgehead atoms. The van der Waals surface area contributed by atoms with E-state index in [0.29, 0.717) is 11.4 Å². The molecular weight excluding hydrogens is 217 g/mol. The summed E-state index contributed by atoms with van der Waals surface area (Å²) in [5.41, 5.74) is 0.528. The van der Waals surface area contributed by atoms with Crippen molar-refractivity contribution < 1.29 is 9.13 Å². The zero-order valence-electron chi connectivity index (χ0n) is 10.8. The van der Waals surface area contributed by atoms with E-state index in [1.54, 1.807) is 19.2 Å². The molecule has 0 saturated heterocycles. The van der Waals surface area contributed by atoms with Crippen LogP contribution in [0.3, 0.4) is 0 Å². The zero-order chi connectivity index (χ0) is 12.5. The Balaban J connectivity index is 2.30. The second-order valence-corrected chi connectivity index (χ2v) is 4.19. The highest BCUT2D eigenvalue weighted by atomic mass is 19.1. The predicted molar refractivity (Wildman–Crippen MR) is 70.2 cm³/mol. The van der Waals surface area contributed by atoms with Gasteiger partial charge in [0.2, 0.25) is 0 Å². The maximum absolute atomic E-state index is 13.4. The lowest BCUT2D eigenvalue weighted by atomic mass is 10.1. The first kappa shape index (κ1) is 13.8. The minimum Gasteiger partial charge on any atom is -0.497 e. The summed E-state index contributed by atoms with van der Waals surface area (Å²) in [4.78, 5) is 0. The minimum absolute atomic E-state index is 0.223. The summed E-state index contributed by atoms with van der Waals surface area (Å²) in [6.45, 7) is 3.01. The molecule has 0 fully saturated rings. The van der Waals surface area contributed by atoms with Crippen molar-refractivity contribution >= 4 is 5.69 Å². The molecule has 96 valence electrons. The van der Waals surface area contributed by atoms with E-state index in [4.69, 9.17) is 4.74 Å². The third-order valence-corrected chi connectivity index (χ3v) is 2.77. The van der Waals surface area contributed by atoms with Gasteiger partial charge in [-0.25, -0.2) is 4.39 Å². The average molecular weight is 239 g/mol. The van der Waals surface area contributed by atoms with Crippen molar-refractivity contribution in [2.24, 2.45) is 0 Å². The van der Waals surface area contributed by atoms with Gasteiger partial charge in [0.15, 0.2) is 0 Å². The third-order valence-electron chi connectivity index (χ3n) is 2.77. The quantitative estimate of drug-likeness (QED) is 0.686. The number of hydrogen-bond donors (Lipinski definition) is 1. The SMILES string of the molecule is CCCCCCCNc1cc(OC)ccc1F. The fourth-order valence-corrected chi connectivity index (χ4v) is 1.72. The van der Waals surface area contributed by atoms with Crippen LogP contribution in [0.5, 0.6) is 5.75 Å². The van der Waals surface area contributed by atoms with Crippen LogP contribution in [-0.2, 0) is 0 Å². The summed E-state index contributed by atoms with van der Waals surface area (Å²) in [7, 11) is 1.59. The van der Waals surface area contributed by atoms with Gasteiger partial charge in [0, 0.05) is 12.6 Å². The van der Waals surface area contributed by atoms with E-state index in [1.165, 1.54) is 31.7 Å². The maximum Gasteiger partial charge on any atom is 0.146 e. The Morgan fingerprint density at radius 3 is 2.65 bits per heavy atom. The molecule has 17 heavy (non-hydrogen) atoms. The topological polar surface area (TPSA) is 21.3 Å². The highest BCUT2D eigenvalue weighted by Gasteiger charge is 2.02. The molecule has 0 unspecified atom stereocenters. The molecule has 0 heterocycles. The lowest BCUT2D eigenvalue weighted by molar-refractivity contribution is 0.414. The molecule has 1 rings (SSSR count). The van der Waals surface area contributed by atoms with E-state index in [1.807, 2.05) is 0 Å². The summed E-state index contributed by atoms with van der Waals surface area (Å²) >= 11 is 0. The number of hydrogen-bond acceptors (Lipinski definition) is 2. The summed E-state index contributed by atoms with van der Waals surface area (Å²) in [6, 6.07) is 4.75. The third kappa shape index (κ3) is 5.07. The highest BCUT2D eigenvalue weighted by molar-refractivity contribution is 5.49. The largest absolute Gasteiger partial charge is 0.497 e. The van der Waals surface area contributed by atoms with E-state index in [-0.39, 0.29) is 5.82 Å². The van der Waals surface area contributed by atoms with Crippen LogP contribution in [0.2, 0.25) is 0 Å². The molecule has 0 atom stereocenters. The Bertz CT molecular complexity index is 328. The van der Waals surface area contributed by atoms with Crippen molar-refractivity contribution in [2.75, 3.05) is 19.0 Å². The molecule has 0 aliphatic carbocycles. The first-order chi connectivity index (χ1) is 8.27. The summed E-state index contributed by atoms with van der Waals surface area (Å²) in [5, 5.41) is 3.11. The number of halogens is 1. The molecule has 0 spiro atoms. The lowest BCUT2D eigenvalue weighted by Crippen LogP contribution is -2.03. The van der Waals surface area contributed by atoms with E-state index in [9.17, 15) is 4.39 Å². The van der Waals surface area contributed by atoms with Crippen LogP contribution in [0.1, 0.15) is 39.0 Å². The molecule has 3 heteroatoms. The molecule has 1 aromatic carbocycles. The Morgan fingerprint density at radius 2 is 1.94 bits per heavy atom. The molecule has 1 N–H and O–H groups in total. The highest BCUT2D eigenvalue weighted by Crippen LogP contribution is 2.21. The van der Waals surface area contributed by atoms with Crippen LogP contribution >= 0.6 is 0 Å². The molecule has 0 saturated carbocycles. The molecule has 0 amide bonds. The summed E-state index contributed by atoms with van der Waals surface area (Å²) < 4.78 is 18.5. The standard InChI is InChI=1S/C14H22FNO/c1-3-4-5-6-7-10-16-14-11-12(17-2)8-9-13(14)15/h8-9,11,16H,3-7,10H2,1-2H3. The number of benzene rings is 1. The predicted octanol–water partition coefficient (Wildman–Crippen LogP) is 4.22. The number of ether oxygens (including phenoxy) is 1. The normalized spacial score (nSPS) is 10.3. The fraction of sp³-hybridized carbons (Fsp3) is 0.571. The van der Waals surface area contributed by atoms with E-state index >= 15 is 0 Å². The molecule has 1 aromatic rings. The van der Waals surface area contributed by atoms with Crippen LogP contribution in [0.25, 0.3) is 0 Å². The fourth-order valence-electron chi connectivity index (χ4n) is 1.72. The molecule has 0 radical (unpaired) electrons. The van der Waals surface area contributed by atoms with Gasteiger partial charge in [-0.2, -0.15) is 0 Å². The Morgan fingerprint density at radius 1 is 1.18 bits per heavy atom. The van der Waals surface area contributed by atoms with E-state index in [2.05, 4.69) is 12.2 Å². The molecule has 0 aliphatic rings. The van der Waals surface area contributed by atoms with Crippen molar-refractivity contribution in [1.82, 2.24) is 0 Å². The summed E-state index contributed by atoms with van der Waals surface area (Å²) in [6.07, 6.45) is 6.08. The van der Waals surface area contributed by atoms with Gasteiger partial charge in [0.25, 0.3) is 0 Å². The van der Waals surface area contributed by atoms with Gasteiger partial charge in [-0.3, -0.25) is 0 Å². The van der Waals surface area contributed by atoms with Crippen molar-refractivity contribution in [3.63, 3.8) is 0 Å². The number of rotatable bonds is 8. The monoisotopic (exact) mass is 239 g/mol. The molecular formula is C14H22FNO. The second-order valence-electron chi connectivity index (χ2n) is 4.19. The van der Waals surface area contributed by atoms with E-state index in [0.717, 1.165) is 13.0 Å². The van der Waals surface area contributed by atoms with Gasteiger partial charge in [0.05, 0.1) is 12.8 Å². The lowest BCUT2D eigenvalue weighted by Gasteiger charge is -2.09. The Hall–Kier alpha value is -1.25. The maximum atomic E-state index is 13.4. The van der Waals surface area contributed by atoms with E-state index < -0.39 is 0 Å². The van der Waals surface area contributed by atoms with Gasteiger partial charge in [-0.05, 0) is 18.6 Å². The van der Waals surface area contributed by atoms with Crippen molar-refractivity contribution in [1.29, 1.82) is 0 Å². The van der Waals surface area contributed by atoms with Crippen molar-refractivity contribution in [3.05, 3.63) is 24.0 Å². The second kappa shape index (κ2) is 7.93. The Kier molecular flexibility index (Phi) is 6.45. The van der Waals surface area contributed by atoms with Crippen LogP contribution in [0, 0.1) is 5.82 Å². The van der Waals surface area contributed by atoms with Crippen molar-refractivity contribution in [3.8, 4) is 5.75 Å². The molecule has 0 aliphatic heterocycles. The minimum atomic E-state index is -0.223. The first-order valence-electron chi connectivity index (χ1n) is 6.35. The number of unbranched alkanes of at least 4 members (excludes halogenated alkanes) is 4. The van der Waals surface area contributed by atoms with Gasteiger partial charge in [-0.15, -0.1) is 0 Å². The zero-order valence-corrected chi connectivity index (χ0v) is 10.8. The van der Waals surface area contributed by atoms with Gasteiger partial charge in [-0.1, -0.05) is 32.6 Å². The molecule has 2 nitrogen and oxygen atoms in total. The average Bonchev–Trinajstić information content (AvgIpc) is 2.35. The number of anilines is 1. The summed E-state index contributed by atoms with van der Waals surface area (Å²) in [5.74, 6) is 0.458. The molecule has 0 aromatic heterocycles. The van der Waals surface area contributed by atoms with Crippen LogP contribution in [-0.4, -0.2) is 13.7 Å². The van der Waals surface area contributed by atoms with Gasteiger partial charge >= 0.3 is 0 Å². The first-order valence-corrected chi connectivity index (χ1v) is 6.35.